The van der Waals surface area contributed by atoms with E-state index in [-0.39, 0.29) is 17.4 Å². The lowest BCUT2D eigenvalue weighted by Gasteiger charge is -2.57. The summed E-state index contributed by atoms with van der Waals surface area (Å²) in [6.45, 7) is 2.03. The molecule has 0 heterocycles. The Kier molecular flexibility index (Phi) is 3.21. The van der Waals surface area contributed by atoms with Crippen LogP contribution in [0.3, 0.4) is 0 Å². The molecular formula is C13H23NO3. The van der Waals surface area contributed by atoms with E-state index >= 15 is 0 Å². The monoisotopic (exact) mass is 241 g/mol. The highest BCUT2D eigenvalue weighted by molar-refractivity contribution is 5.74. The predicted octanol–water partition coefficient (Wildman–Crippen LogP) is 1.21. The Balaban J connectivity index is 2.35. The Bertz CT molecular complexity index is 320. The molecule has 2 fully saturated rings. The maximum absolute atomic E-state index is 11.9. The molecule has 0 aliphatic heterocycles. The normalized spacial score (nSPS) is 46.1. The number of nitrogens with two attached hydrogens (primary N) is 1. The van der Waals surface area contributed by atoms with Gasteiger partial charge in [-0.05, 0) is 32.1 Å². The van der Waals surface area contributed by atoms with E-state index in [9.17, 15) is 9.90 Å². The van der Waals surface area contributed by atoms with Gasteiger partial charge in [-0.2, -0.15) is 0 Å². The van der Waals surface area contributed by atoms with Crippen molar-refractivity contribution in [1.29, 1.82) is 0 Å². The zero-order valence-electron chi connectivity index (χ0n) is 10.7. The summed E-state index contributed by atoms with van der Waals surface area (Å²) >= 11 is 0. The van der Waals surface area contributed by atoms with Gasteiger partial charge in [0.1, 0.15) is 0 Å². The minimum Gasteiger partial charge on any atom is -0.469 e. The first kappa shape index (κ1) is 12.8. The highest BCUT2D eigenvalue weighted by Crippen LogP contribution is 2.55. The largest absolute Gasteiger partial charge is 0.469 e. The van der Waals surface area contributed by atoms with Gasteiger partial charge in [-0.15, -0.1) is 0 Å². The second kappa shape index (κ2) is 4.25. The summed E-state index contributed by atoms with van der Waals surface area (Å²) in [5, 5.41) is 11.0. The Labute approximate surface area is 103 Å². The molecule has 0 amide bonds. The van der Waals surface area contributed by atoms with E-state index in [1.54, 1.807) is 0 Å². The van der Waals surface area contributed by atoms with Crippen molar-refractivity contribution in [3.8, 4) is 0 Å². The van der Waals surface area contributed by atoms with Gasteiger partial charge in [-0.25, -0.2) is 0 Å². The Hall–Kier alpha value is -0.610. The Morgan fingerprint density at radius 3 is 2.65 bits per heavy atom. The minimum absolute atomic E-state index is 0.0197. The molecule has 0 aromatic rings. The van der Waals surface area contributed by atoms with Crippen molar-refractivity contribution < 1.29 is 14.6 Å². The molecule has 0 aromatic heterocycles. The van der Waals surface area contributed by atoms with Crippen molar-refractivity contribution in [3.63, 3.8) is 0 Å². The van der Waals surface area contributed by atoms with E-state index in [4.69, 9.17) is 10.5 Å². The number of fused-ring (bicyclic) bond motifs is 1. The number of hydrogen-bond acceptors (Lipinski definition) is 4. The van der Waals surface area contributed by atoms with Crippen molar-refractivity contribution in [2.75, 3.05) is 7.11 Å². The predicted molar refractivity (Wildman–Crippen MR) is 64.2 cm³/mol. The summed E-state index contributed by atoms with van der Waals surface area (Å²) in [5.74, 6) is -0.690. The van der Waals surface area contributed by atoms with Gasteiger partial charge in [0.05, 0.1) is 18.6 Å². The summed E-state index contributed by atoms with van der Waals surface area (Å²) in [5.41, 5.74) is 4.88. The van der Waals surface area contributed by atoms with Crippen molar-refractivity contribution in [2.24, 2.45) is 17.1 Å². The highest BCUT2D eigenvalue weighted by Gasteiger charge is 2.60. The van der Waals surface area contributed by atoms with E-state index < -0.39 is 11.5 Å². The maximum atomic E-state index is 11.9. The van der Waals surface area contributed by atoms with Gasteiger partial charge < -0.3 is 15.6 Å². The van der Waals surface area contributed by atoms with Gasteiger partial charge in [-0.3, -0.25) is 4.79 Å². The molecule has 0 aromatic carbocycles. The van der Waals surface area contributed by atoms with Gasteiger partial charge in [0.2, 0.25) is 0 Å². The third-order valence-electron chi connectivity index (χ3n) is 5.13. The van der Waals surface area contributed by atoms with Crippen LogP contribution in [0.5, 0.6) is 0 Å². The molecule has 0 bridgehead atoms. The SMILES string of the molecule is COC(=O)[C@H]1CCC[C@@]2(C)[C@@H](N)CCC[C@]12O. The standard InChI is InChI=1S/C13H23NO3/c1-12-7-3-5-9(11(15)17-2)13(12,16)8-4-6-10(12)14/h9-10,16H,3-8,14H2,1-2H3/t9-,10+,12+,13+/m1/s1. The van der Waals surface area contributed by atoms with Gasteiger partial charge in [0, 0.05) is 11.5 Å². The van der Waals surface area contributed by atoms with Crippen LogP contribution in [-0.2, 0) is 9.53 Å². The van der Waals surface area contributed by atoms with Crippen molar-refractivity contribution in [1.82, 2.24) is 0 Å². The first-order valence-corrected chi connectivity index (χ1v) is 6.51. The first-order chi connectivity index (χ1) is 7.95. The molecule has 2 aliphatic carbocycles. The fraction of sp³-hybridized carbons (Fsp3) is 0.923. The number of esters is 1. The average Bonchev–Trinajstić information content (AvgIpc) is 2.30. The van der Waals surface area contributed by atoms with Gasteiger partial charge >= 0.3 is 5.97 Å². The number of carbonyl (C=O) groups excluding carboxylic acids is 1. The molecule has 2 rings (SSSR count). The number of methoxy groups -OCH3 is 1. The number of hydrogen-bond donors (Lipinski definition) is 2. The quantitative estimate of drug-likeness (QED) is 0.677. The molecule has 98 valence electrons. The third kappa shape index (κ3) is 1.69. The molecule has 17 heavy (non-hydrogen) atoms. The zero-order valence-corrected chi connectivity index (χ0v) is 10.7. The number of aliphatic hydroxyl groups is 1. The Morgan fingerprint density at radius 1 is 1.35 bits per heavy atom. The van der Waals surface area contributed by atoms with Crippen LogP contribution < -0.4 is 5.73 Å². The lowest BCUT2D eigenvalue weighted by molar-refractivity contribution is -0.196. The molecule has 4 atom stereocenters. The molecule has 4 nitrogen and oxygen atoms in total. The molecule has 0 unspecified atom stereocenters. The summed E-state index contributed by atoms with van der Waals surface area (Å²) < 4.78 is 4.84. The van der Waals surface area contributed by atoms with Crippen molar-refractivity contribution in [2.45, 2.75) is 57.1 Å². The van der Waals surface area contributed by atoms with E-state index in [0.29, 0.717) is 12.8 Å². The molecule has 0 radical (unpaired) electrons. The first-order valence-electron chi connectivity index (χ1n) is 6.51. The van der Waals surface area contributed by atoms with Crippen molar-refractivity contribution in [3.05, 3.63) is 0 Å². The topological polar surface area (TPSA) is 72.5 Å². The summed E-state index contributed by atoms with van der Waals surface area (Å²) in [7, 11) is 1.39. The smallest absolute Gasteiger partial charge is 0.311 e. The minimum atomic E-state index is -0.976. The molecule has 3 N–H and O–H groups in total. The van der Waals surface area contributed by atoms with Crippen LogP contribution in [0.15, 0.2) is 0 Å². The van der Waals surface area contributed by atoms with E-state index in [2.05, 4.69) is 0 Å². The van der Waals surface area contributed by atoms with Crippen molar-refractivity contribution >= 4 is 5.97 Å². The molecular weight excluding hydrogens is 218 g/mol. The summed E-state index contributed by atoms with van der Waals surface area (Å²) in [6, 6.07) is -0.0197. The second-order valence-corrected chi connectivity index (χ2v) is 5.81. The number of ether oxygens (including phenoxy) is 1. The third-order valence-corrected chi connectivity index (χ3v) is 5.13. The maximum Gasteiger partial charge on any atom is 0.311 e. The van der Waals surface area contributed by atoms with Crippen LogP contribution >= 0.6 is 0 Å². The number of carbonyl (C=O) groups is 1. The number of rotatable bonds is 1. The lowest BCUT2D eigenvalue weighted by Crippen LogP contribution is -2.65. The molecule has 0 spiro atoms. The van der Waals surface area contributed by atoms with E-state index in [1.807, 2.05) is 6.92 Å². The van der Waals surface area contributed by atoms with E-state index in [1.165, 1.54) is 7.11 Å². The fourth-order valence-electron chi connectivity index (χ4n) is 3.86. The fourth-order valence-corrected chi connectivity index (χ4v) is 3.86. The average molecular weight is 241 g/mol. The van der Waals surface area contributed by atoms with Gasteiger partial charge in [0.25, 0.3) is 0 Å². The van der Waals surface area contributed by atoms with Crippen LogP contribution in [0, 0.1) is 11.3 Å². The van der Waals surface area contributed by atoms with Crippen LogP contribution in [0.4, 0.5) is 0 Å². The molecule has 2 aliphatic rings. The van der Waals surface area contributed by atoms with Crippen LogP contribution in [0.2, 0.25) is 0 Å². The van der Waals surface area contributed by atoms with Gasteiger partial charge in [-0.1, -0.05) is 13.3 Å². The second-order valence-electron chi connectivity index (χ2n) is 5.81. The molecule has 2 saturated carbocycles. The Morgan fingerprint density at radius 2 is 2.00 bits per heavy atom. The van der Waals surface area contributed by atoms with E-state index in [0.717, 1.165) is 25.7 Å². The lowest BCUT2D eigenvalue weighted by atomic mass is 9.52. The zero-order chi connectivity index (χ0) is 12.7. The summed E-state index contributed by atoms with van der Waals surface area (Å²) in [6.07, 6.45) is 5.04. The van der Waals surface area contributed by atoms with Gasteiger partial charge in [0.15, 0.2) is 0 Å². The van der Waals surface area contributed by atoms with Crippen LogP contribution in [0.25, 0.3) is 0 Å². The molecule has 4 heteroatoms. The van der Waals surface area contributed by atoms with Crippen LogP contribution in [-0.4, -0.2) is 29.8 Å². The van der Waals surface area contributed by atoms with Crippen LogP contribution in [0.1, 0.15) is 45.4 Å². The highest BCUT2D eigenvalue weighted by atomic mass is 16.5. The summed E-state index contributed by atoms with van der Waals surface area (Å²) in [4.78, 5) is 11.9. The molecule has 0 saturated heterocycles.